The number of amides is 1. The average molecular weight is 766 g/mol. The molecule has 0 radical (unpaired) electrons. The minimum atomic E-state index is -1.13. The highest BCUT2D eigenvalue weighted by molar-refractivity contribution is 5.76. The predicted octanol–water partition coefficient (Wildman–Crippen LogP) is 14.6. The number of carbonyl (C=O) groups excluding carboxylic acids is 1. The highest BCUT2D eigenvalue weighted by Gasteiger charge is 2.26. The van der Waals surface area contributed by atoms with Crippen LogP contribution in [0.5, 0.6) is 0 Å². The molecular formula is C49H99NO4. The monoisotopic (exact) mass is 766 g/mol. The Hall–Kier alpha value is -0.650. The lowest BCUT2D eigenvalue weighted by atomic mass is 9.99. The van der Waals surface area contributed by atoms with E-state index in [0.717, 1.165) is 32.1 Å². The van der Waals surface area contributed by atoms with E-state index in [1.165, 1.54) is 225 Å². The maximum absolute atomic E-state index is 12.4. The van der Waals surface area contributed by atoms with Gasteiger partial charge in [0, 0.05) is 6.42 Å². The Labute approximate surface area is 338 Å². The van der Waals surface area contributed by atoms with Crippen molar-refractivity contribution < 1.29 is 20.1 Å². The Bertz CT molecular complexity index is 718. The van der Waals surface area contributed by atoms with Gasteiger partial charge in [0.1, 0.15) is 6.10 Å². The molecule has 3 unspecified atom stereocenters. The van der Waals surface area contributed by atoms with E-state index < -0.39 is 18.2 Å². The van der Waals surface area contributed by atoms with Crippen molar-refractivity contribution in [2.24, 2.45) is 0 Å². The molecule has 3 atom stereocenters. The quantitative estimate of drug-likeness (QED) is 0.0465. The fraction of sp³-hybridized carbons (Fsp3) is 0.980. The maximum atomic E-state index is 12.4. The van der Waals surface area contributed by atoms with Crippen molar-refractivity contribution in [2.75, 3.05) is 6.61 Å². The van der Waals surface area contributed by atoms with Gasteiger partial charge in [0.15, 0.2) is 0 Å². The summed E-state index contributed by atoms with van der Waals surface area (Å²) in [5.41, 5.74) is 0. The van der Waals surface area contributed by atoms with Gasteiger partial charge in [-0.3, -0.25) is 4.79 Å². The molecule has 5 nitrogen and oxygen atoms in total. The van der Waals surface area contributed by atoms with Crippen molar-refractivity contribution in [1.29, 1.82) is 0 Å². The van der Waals surface area contributed by atoms with E-state index in [0.29, 0.717) is 12.8 Å². The van der Waals surface area contributed by atoms with E-state index in [2.05, 4.69) is 19.2 Å². The molecule has 0 aliphatic carbocycles. The second kappa shape index (κ2) is 45.1. The van der Waals surface area contributed by atoms with Crippen LogP contribution < -0.4 is 5.32 Å². The number of carbonyl (C=O) groups is 1. The first-order valence-corrected chi connectivity index (χ1v) is 24.8. The van der Waals surface area contributed by atoms with E-state index >= 15 is 0 Å². The average Bonchev–Trinajstić information content (AvgIpc) is 3.18. The smallest absolute Gasteiger partial charge is 0.220 e. The summed E-state index contributed by atoms with van der Waals surface area (Å²) in [5.74, 6) is -0.138. The highest BCUT2D eigenvalue weighted by atomic mass is 16.3. The van der Waals surface area contributed by atoms with Gasteiger partial charge in [0.05, 0.1) is 18.8 Å². The van der Waals surface area contributed by atoms with Crippen LogP contribution >= 0.6 is 0 Å². The molecule has 324 valence electrons. The van der Waals surface area contributed by atoms with Gasteiger partial charge in [0.2, 0.25) is 5.91 Å². The topological polar surface area (TPSA) is 89.8 Å². The Morgan fingerprint density at radius 2 is 0.630 bits per heavy atom. The van der Waals surface area contributed by atoms with Gasteiger partial charge in [-0.05, 0) is 12.8 Å². The van der Waals surface area contributed by atoms with Gasteiger partial charge in [-0.1, -0.05) is 264 Å². The lowest BCUT2D eigenvalue weighted by Crippen LogP contribution is -2.50. The van der Waals surface area contributed by atoms with Crippen molar-refractivity contribution in [3.63, 3.8) is 0 Å². The molecule has 0 saturated carbocycles. The molecule has 0 aromatic rings. The van der Waals surface area contributed by atoms with E-state index in [4.69, 9.17) is 0 Å². The molecule has 0 aliphatic heterocycles. The van der Waals surface area contributed by atoms with E-state index in [1.807, 2.05) is 0 Å². The third-order valence-corrected chi connectivity index (χ3v) is 12.0. The summed E-state index contributed by atoms with van der Waals surface area (Å²) < 4.78 is 0. The number of aliphatic hydroxyl groups is 3. The van der Waals surface area contributed by atoms with Crippen molar-refractivity contribution in [1.82, 2.24) is 5.32 Å². The van der Waals surface area contributed by atoms with Gasteiger partial charge >= 0.3 is 0 Å². The zero-order chi connectivity index (χ0) is 39.4. The third-order valence-electron chi connectivity index (χ3n) is 12.0. The Morgan fingerprint density at radius 1 is 0.389 bits per heavy atom. The molecule has 5 heteroatoms. The molecule has 0 heterocycles. The fourth-order valence-corrected chi connectivity index (χ4v) is 8.11. The predicted molar refractivity (Wildman–Crippen MR) is 236 cm³/mol. The van der Waals surface area contributed by atoms with Gasteiger partial charge in [-0.25, -0.2) is 0 Å². The molecule has 0 saturated heterocycles. The molecule has 4 N–H and O–H groups in total. The zero-order valence-electron chi connectivity index (χ0n) is 36.9. The van der Waals surface area contributed by atoms with Crippen molar-refractivity contribution in [3.05, 3.63) is 0 Å². The van der Waals surface area contributed by atoms with Crippen LogP contribution in [-0.2, 0) is 4.79 Å². The SMILES string of the molecule is CCCCCCCCCCCCCCCCCCCCCCCCCCC(O)C(O)C(CO)NC(=O)CCCCCCCCCCCCCCCCCC. The third kappa shape index (κ3) is 39.6. The largest absolute Gasteiger partial charge is 0.394 e. The van der Waals surface area contributed by atoms with E-state index in [9.17, 15) is 20.1 Å². The van der Waals surface area contributed by atoms with Crippen LogP contribution in [-0.4, -0.2) is 46.1 Å². The highest BCUT2D eigenvalue weighted by Crippen LogP contribution is 2.18. The second-order valence-electron chi connectivity index (χ2n) is 17.4. The van der Waals surface area contributed by atoms with Gasteiger partial charge in [0.25, 0.3) is 0 Å². The van der Waals surface area contributed by atoms with Gasteiger partial charge in [-0.15, -0.1) is 0 Å². The van der Waals surface area contributed by atoms with Crippen molar-refractivity contribution >= 4 is 5.91 Å². The standard InChI is InChI=1S/C49H99NO4/c1-3-5-7-9-11-13-15-17-19-21-22-23-24-25-26-27-28-29-31-33-35-37-39-41-43-47(52)49(54)46(45-51)50-48(53)44-42-40-38-36-34-32-30-20-18-16-14-12-10-8-6-4-2/h46-47,49,51-52,54H,3-45H2,1-2H3,(H,50,53). The molecule has 1 amide bonds. The first kappa shape index (κ1) is 53.4. The summed E-state index contributed by atoms with van der Waals surface area (Å²) in [6.45, 7) is 4.21. The van der Waals surface area contributed by atoms with Crippen LogP contribution in [0.3, 0.4) is 0 Å². The lowest BCUT2D eigenvalue weighted by molar-refractivity contribution is -0.124. The molecule has 54 heavy (non-hydrogen) atoms. The Kier molecular flexibility index (Phi) is 44.5. The number of hydrogen-bond donors (Lipinski definition) is 4. The number of hydrogen-bond acceptors (Lipinski definition) is 4. The van der Waals surface area contributed by atoms with Gasteiger partial charge < -0.3 is 20.6 Å². The molecule has 0 fully saturated rings. The zero-order valence-corrected chi connectivity index (χ0v) is 36.9. The normalized spacial score (nSPS) is 13.4. The van der Waals surface area contributed by atoms with Crippen LogP contribution in [0.4, 0.5) is 0 Å². The second-order valence-corrected chi connectivity index (χ2v) is 17.4. The molecular weight excluding hydrogens is 667 g/mol. The van der Waals surface area contributed by atoms with Crippen molar-refractivity contribution in [2.45, 2.75) is 302 Å². The summed E-state index contributed by atoms with van der Waals surface area (Å²) in [7, 11) is 0. The number of rotatable bonds is 46. The minimum Gasteiger partial charge on any atom is -0.394 e. The molecule has 0 aliphatic rings. The van der Waals surface area contributed by atoms with Crippen molar-refractivity contribution in [3.8, 4) is 0 Å². The Balaban J connectivity index is 3.52. The van der Waals surface area contributed by atoms with Crippen LogP contribution in [0.15, 0.2) is 0 Å². The lowest BCUT2D eigenvalue weighted by Gasteiger charge is -2.26. The molecule has 0 spiro atoms. The minimum absolute atomic E-state index is 0.138. The summed E-state index contributed by atoms with van der Waals surface area (Å²) in [6.07, 6.45) is 52.3. The summed E-state index contributed by atoms with van der Waals surface area (Å²) >= 11 is 0. The molecule has 0 aromatic heterocycles. The summed E-state index contributed by atoms with van der Waals surface area (Å²) in [4.78, 5) is 12.4. The molecule has 0 bridgehead atoms. The summed E-state index contributed by atoms with van der Waals surface area (Å²) in [5, 5.41) is 33.7. The number of nitrogens with one attached hydrogen (secondary N) is 1. The van der Waals surface area contributed by atoms with Crippen LogP contribution in [0, 0.1) is 0 Å². The first-order chi connectivity index (χ1) is 26.6. The van der Waals surface area contributed by atoms with Crippen LogP contribution in [0.1, 0.15) is 284 Å². The van der Waals surface area contributed by atoms with E-state index in [1.54, 1.807) is 0 Å². The maximum Gasteiger partial charge on any atom is 0.220 e. The van der Waals surface area contributed by atoms with E-state index in [-0.39, 0.29) is 12.5 Å². The number of aliphatic hydroxyl groups excluding tert-OH is 3. The molecule has 0 aromatic carbocycles. The van der Waals surface area contributed by atoms with Crippen LogP contribution in [0.2, 0.25) is 0 Å². The van der Waals surface area contributed by atoms with Gasteiger partial charge in [-0.2, -0.15) is 0 Å². The summed E-state index contributed by atoms with van der Waals surface area (Å²) in [6, 6.07) is -0.803. The van der Waals surface area contributed by atoms with Crippen LogP contribution in [0.25, 0.3) is 0 Å². The first-order valence-electron chi connectivity index (χ1n) is 24.8. The number of unbranched alkanes of at least 4 members (excludes halogenated alkanes) is 38. The fourth-order valence-electron chi connectivity index (χ4n) is 8.11. The molecule has 0 rings (SSSR count). The Morgan fingerprint density at radius 3 is 0.889 bits per heavy atom.